The molecule has 0 aromatic heterocycles. The van der Waals surface area contributed by atoms with Crippen molar-refractivity contribution >= 4 is 27.4 Å². The fourth-order valence-corrected chi connectivity index (χ4v) is 3.07. The van der Waals surface area contributed by atoms with Crippen LogP contribution < -0.4 is 10.5 Å². The molecule has 100 valence electrons. The molecule has 5 nitrogen and oxygen atoms in total. The van der Waals surface area contributed by atoms with Gasteiger partial charge in [0.05, 0.1) is 4.99 Å². The summed E-state index contributed by atoms with van der Waals surface area (Å²) in [5.74, 6) is 0.487. The average molecular weight is 279 g/mol. The standard InChI is InChI=1S/C10H21N3O2S2/c1-8-3-5-13(6-4-8)17(14,15)12-7-9(2)10(11)16/h8-9,12H,3-7H2,1-2H3,(H2,11,16). The monoisotopic (exact) mass is 279 g/mol. The van der Waals surface area contributed by atoms with Gasteiger partial charge in [0.2, 0.25) is 0 Å². The van der Waals surface area contributed by atoms with Gasteiger partial charge in [0, 0.05) is 25.6 Å². The van der Waals surface area contributed by atoms with Crippen LogP contribution in [0.4, 0.5) is 0 Å². The van der Waals surface area contributed by atoms with Crippen LogP contribution in [-0.4, -0.2) is 37.3 Å². The fraction of sp³-hybridized carbons (Fsp3) is 0.900. The molecule has 0 aliphatic carbocycles. The molecule has 1 heterocycles. The molecular weight excluding hydrogens is 258 g/mol. The van der Waals surface area contributed by atoms with Gasteiger partial charge in [-0.05, 0) is 18.8 Å². The van der Waals surface area contributed by atoms with E-state index >= 15 is 0 Å². The summed E-state index contributed by atoms with van der Waals surface area (Å²) in [6.07, 6.45) is 1.84. The van der Waals surface area contributed by atoms with Crippen molar-refractivity contribution < 1.29 is 8.42 Å². The number of piperidine rings is 1. The Bertz CT molecular complexity index is 362. The van der Waals surface area contributed by atoms with Crippen LogP contribution in [0.2, 0.25) is 0 Å². The van der Waals surface area contributed by atoms with Gasteiger partial charge >= 0.3 is 0 Å². The maximum absolute atomic E-state index is 12.0. The van der Waals surface area contributed by atoms with Crippen molar-refractivity contribution in [1.29, 1.82) is 0 Å². The molecule has 1 aliphatic rings. The summed E-state index contributed by atoms with van der Waals surface area (Å²) in [6.45, 7) is 5.41. The molecule has 1 aliphatic heterocycles. The number of nitrogens with one attached hydrogen (secondary N) is 1. The number of nitrogens with two attached hydrogens (primary N) is 1. The molecule has 0 amide bonds. The van der Waals surface area contributed by atoms with Crippen LogP contribution in [0.15, 0.2) is 0 Å². The van der Waals surface area contributed by atoms with Gasteiger partial charge in [0.1, 0.15) is 0 Å². The lowest BCUT2D eigenvalue weighted by molar-refractivity contribution is 0.285. The van der Waals surface area contributed by atoms with Crippen LogP contribution in [0.3, 0.4) is 0 Å². The van der Waals surface area contributed by atoms with Crippen LogP contribution in [0.5, 0.6) is 0 Å². The summed E-state index contributed by atoms with van der Waals surface area (Å²) in [7, 11) is -3.37. The van der Waals surface area contributed by atoms with Crippen LogP contribution in [0.1, 0.15) is 26.7 Å². The highest BCUT2D eigenvalue weighted by atomic mass is 32.2. The molecule has 3 N–H and O–H groups in total. The number of hydrogen-bond donors (Lipinski definition) is 2. The highest BCUT2D eigenvalue weighted by molar-refractivity contribution is 7.87. The minimum Gasteiger partial charge on any atom is -0.393 e. The summed E-state index contributed by atoms with van der Waals surface area (Å²) in [6, 6.07) is 0. The third-order valence-electron chi connectivity index (χ3n) is 3.14. The topological polar surface area (TPSA) is 75.4 Å². The van der Waals surface area contributed by atoms with Gasteiger partial charge in [-0.2, -0.15) is 12.7 Å². The highest BCUT2D eigenvalue weighted by Gasteiger charge is 2.26. The third-order valence-corrected chi connectivity index (χ3v) is 5.12. The van der Waals surface area contributed by atoms with Crippen molar-refractivity contribution in [2.45, 2.75) is 26.7 Å². The number of rotatable bonds is 5. The predicted molar refractivity (Wildman–Crippen MR) is 72.8 cm³/mol. The largest absolute Gasteiger partial charge is 0.393 e. The first-order valence-corrected chi connectivity index (χ1v) is 7.72. The SMILES string of the molecule is CC1CCN(S(=O)(=O)NCC(C)C(N)=S)CC1. The molecule has 1 rings (SSSR count). The first kappa shape index (κ1) is 14.8. The van der Waals surface area contributed by atoms with E-state index in [1.165, 1.54) is 4.31 Å². The minimum absolute atomic E-state index is 0.122. The van der Waals surface area contributed by atoms with Crippen molar-refractivity contribution in [3.8, 4) is 0 Å². The maximum atomic E-state index is 12.0. The van der Waals surface area contributed by atoms with Gasteiger partial charge in [-0.25, -0.2) is 4.72 Å². The molecule has 0 spiro atoms. The number of nitrogens with zero attached hydrogens (tertiary/aromatic N) is 1. The third kappa shape index (κ3) is 4.50. The second-order valence-electron chi connectivity index (χ2n) is 4.74. The lowest BCUT2D eigenvalue weighted by Crippen LogP contribution is -2.46. The normalized spacial score (nSPS) is 21.3. The second-order valence-corrected chi connectivity index (χ2v) is 6.97. The van der Waals surface area contributed by atoms with E-state index in [1.54, 1.807) is 0 Å². The first-order chi connectivity index (χ1) is 7.83. The Morgan fingerprint density at radius 1 is 1.53 bits per heavy atom. The molecule has 0 saturated carbocycles. The Labute approximate surface area is 109 Å². The van der Waals surface area contributed by atoms with Crippen LogP contribution in [-0.2, 0) is 10.2 Å². The van der Waals surface area contributed by atoms with Gasteiger partial charge in [-0.1, -0.05) is 26.1 Å². The van der Waals surface area contributed by atoms with E-state index in [9.17, 15) is 8.42 Å². The molecule has 1 fully saturated rings. The predicted octanol–water partition coefficient (Wildman–Crippen LogP) is 0.475. The molecule has 0 aromatic carbocycles. The summed E-state index contributed by atoms with van der Waals surface area (Å²) < 4.78 is 28.0. The second kappa shape index (κ2) is 6.08. The molecule has 1 atom stereocenters. The van der Waals surface area contributed by atoms with E-state index < -0.39 is 10.2 Å². The Hall–Kier alpha value is -0.240. The Balaban J connectivity index is 2.48. The van der Waals surface area contributed by atoms with Gasteiger partial charge < -0.3 is 5.73 Å². The lowest BCUT2D eigenvalue weighted by atomic mass is 10.0. The van der Waals surface area contributed by atoms with Crippen molar-refractivity contribution in [2.75, 3.05) is 19.6 Å². The molecule has 17 heavy (non-hydrogen) atoms. The summed E-state index contributed by atoms with van der Waals surface area (Å²) in [4.78, 5) is 0.333. The van der Waals surface area contributed by atoms with Crippen LogP contribution in [0, 0.1) is 11.8 Å². The van der Waals surface area contributed by atoms with Gasteiger partial charge in [0.15, 0.2) is 0 Å². The van der Waals surface area contributed by atoms with Crippen molar-refractivity contribution in [3.05, 3.63) is 0 Å². The fourth-order valence-electron chi connectivity index (χ4n) is 1.65. The minimum atomic E-state index is -3.37. The zero-order chi connectivity index (χ0) is 13.1. The summed E-state index contributed by atoms with van der Waals surface area (Å²) in [5.41, 5.74) is 5.44. The molecule has 0 bridgehead atoms. The Kier molecular flexibility index (Phi) is 5.30. The number of thiocarbonyl (C=S) groups is 1. The van der Waals surface area contributed by atoms with Crippen molar-refractivity contribution in [3.63, 3.8) is 0 Å². The van der Waals surface area contributed by atoms with Crippen molar-refractivity contribution in [2.24, 2.45) is 17.6 Å². The van der Waals surface area contributed by atoms with Gasteiger partial charge in [-0.3, -0.25) is 0 Å². The average Bonchev–Trinajstić information content (AvgIpc) is 2.26. The molecule has 0 aromatic rings. The molecule has 7 heteroatoms. The van der Waals surface area contributed by atoms with E-state index in [-0.39, 0.29) is 12.5 Å². The number of hydrogen-bond acceptors (Lipinski definition) is 3. The van der Waals surface area contributed by atoms with Gasteiger partial charge in [0.25, 0.3) is 10.2 Å². The molecular formula is C10H21N3O2S2. The molecule has 1 unspecified atom stereocenters. The van der Waals surface area contributed by atoms with E-state index in [0.717, 1.165) is 12.8 Å². The van der Waals surface area contributed by atoms with Crippen LogP contribution in [0.25, 0.3) is 0 Å². The molecule has 1 saturated heterocycles. The zero-order valence-electron chi connectivity index (χ0n) is 10.3. The van der Waals surface area contributed by atoms with E-state index in [0.29, 0.717) is 24.0 Å². The van der Waals surface area contributed by atoms with E-state index in [1.807, 2.05) is 6.92 Å². The summed E-state index contributed by atoms with van der Waals surface area (Å²) >= 11 is 4.81. The first-order valence-electron chi connectivity index (χ1n) is 5.87. The quantitative estimate of drug-likeness (QED) is 0.718. The Morgan fingerprint density at radius 3 is 2.53 bits per heavy atom. The van der Waals surface area contributed by atoms with Crippen molar-refractivity contribution in [1.82, 2.24) is 9.03 Å². The molecule has 0 radical (unpaired) electrons. The summed E-state index contributed by atoms with van der Waals surface area (Å²) in [5, 5.41) is 0. The van der Waals surface area contributed by atoms with Crippen LogP contribution >= 0.6 is 12.2 Å². The van der Waals surface area contributed by atoms with E-state index in [2.05, 4.69) is 11.6 Å². The highest BCUT2D eigenvalue weighted by Crippen LogP contribution is 2.17. The van der Waals surface area contributed by atoms with E-state index in [4.69, 9.17) is 18.0 Å². The maximum Gasteiger partial charge on any atom is 0.279 e. The Morgan fingerprint density at radius 2 is 2.06 bits per heavy atom. The lowest BCUT2D eigenvalue weighted by Gasteiger charge is -2.29. The smallest absolute Gasteiger partial charge is 0.279 e. The zero-order valence-corrected chi connectivity index (χ0v) is 12.0. The van der Waals surface area contributed by atoms with Gasteiger partial charge in [-0.15, -0.1) is 0 Å².